The average Bonchev–Trinajstić information content (AvgIpc) is 3.31. The van der Waals surface area contributed by atoms with Crippen molar-refractivity contribution in [2.24, 2.45) is 12.8 Å². The predicted molar refractivity (Wildman–Crippen MR) is 156 cm³/mol. The third kappa shape index (κ3) is 7.14. The first-order chi connectivity index (χ1) is 21.2. The van der Waals surface area contributed by atoms with E-state index in [-0.39, 0.29) is 52.2 Å². The number of hydrogen-bond donors (Lipinski definition) is 3. The molecule has 0 spiro atoms. The fraction of sp³-hybridized carbons (Fsp3) is 0.464. The number of carbonyl (C=O) groups excluding carboxylic acids is 1. The standard InChI is InChI=1S/C28H31ClF5N7O3S/c1-40-24(28(32,33)34)10-22(39-40)25(15-4-7-19(29)20(30)9-15)26(35)27(42)38-23-13-36-12-21(31)18(23)6-5-17-11-37-16-3-2-8-45(43,44)41(17)14-16/h4,7,9-10,12-13,16-17,25-26,37H,2-3,5-6,8,11,14,35H2,1H3,(H,38,42)/t16-,17+,25?,26?/m1/s1. The SMILES string of the molecule is Cn1nc(C(c2ccc(Cl)c(F)c2)C(N)C(=O)Nc2cncc(F)c2CC[C@H]2CN[C@@H]3CCCS(=O)(=O)N2C3)cc1C(F)(F)F. The monoisotopic (exact) mass is 675 g/mol. The van der Waals surface area contributed by atoms with E-state index in [2.05, 4.69) is 20.7 Å². The summed E-state index contributed by atoms with van der Waals surface area (Å²) in [5, 5.41) is 9.53. The lowest BCUT2D eigenvalue weighted by atomic mass is 9.88. The van der Waals surface area contributed by atoms with Crippen LogP contribution < -0.4 is 16.4 Å². The molecule has 244 valence electrons. The summed E-state index contributed by atoms with van der Waals surface area (Å²) in [6, 6.07) is 2.15. The normalized spacial score (nSPS) is 22.8. The van der Waals surface area contributed by atoms with Gasteiger partial charge < -0.3 is 16.4 Å². The number of benzene rings is 1. The molecular weight excluding hydrogens is 645 g/mol. The Morgan fingerprint density at radius 3 is 2.67 bits per heavy atom. The highest BCUT2D eigenvalue weighted by molar-refractivity contribution is 7.89. The first-order valence-corrected chi connectivity index (χ1v) is 16.1. The fourth-order valence-electron chi connectivity index (χ4n) is 5.92. The smallest absolute Gasteiger partial charge is 0.323 e. The Bertz CT molecular complexity index is 1690. The number of aromatic nitrogens is 3. The molecule has 2 saturated heterocycles. The van der Waals surface area contributed by atoms with E-state index in [0.29, 0.717) is 24.2 Å². The topological polar surface area (TPSA) is 135 Å². The number of anilines is 1. The summed E-state index contributed by atoms with van der Waals surface area (Å²) in [7, 11) is -2.42. The van der Waals surface area contributed by atoms with Crippen LogP contribution in [0.5, 0.6) is 0 Å². The van der Waals surface area contributed by atoms with Gasteiger partial charge in [-0.3, -0.25) is 14.5 Å². The van der Waals surface area contributed by atoms with Gasteiger partial charge in [-0.05, 0) is 49.4 Å². The van der Waals surface area contributed by atoms with Crippen LogP contribution in [0, 0.1) is 11.6 Å². The molecule has 4 N–H and O–H groups in total. The number of nitrogens with one attached hydrogen (secondary N) is 2. The number of pyridine rings is 1. The molecule has 5 rings (SSSR count). The van der Waals surface area contributed by atoms with Crippen molar-refractivity contribution in [2.45, 2.75) is 55.9 Å². The van der Waals surface area contributed by atoms with Gasteiger partial charge >= 0.3 is 6.18 Å². The van der Waals surface area contributed by atoms with Crippen LogP contribution in [0.4, 0.5) is 27.6 Å². The van der Waals surface area contributed by atoms with Gasteiger partial charge in [0.25, 0.3) is 0 Å². The summed E-state index contributed by atoms with van der Waals surface area (Å²) in [6.45, 7) is 0.701. The summed E-state index contributed by atoms with van der Waals surface area (Å²) >= 11 is 5.80. The van der Waals surface area contributed by atoms with E-state index in [1.807, 2.05) is 0 Å². The molecule has 2 bridgehead atoms. The van der Waals surface area contributed by atoms with E-state index >= 15 is 4.39 Å². The number of hydrogen-bond acceptors (Lipinski definition) is 7. The van der Waals surface area contributed by atoms with Gasteiger partial charge in [0.05, 0.1) is 46.5 Å². The number of piperazine rings is 1. The lowest BCUT2D eigenvalue weighted by molar-refractivity contribution is -0.143. The summed E-state index contributed by atoms with van der Waals surface area (Å²) in [4.78, 5) is 17.3. The van der Waals surface area contributed by atoms with E-state index in [1.165, 1.54) is 22.6 Å². The number of halogens is 6. The molecule has 2 aliphatic heterocycles. The Morgan fingerprint density at radius 2 is 1.98 bits per heavy atom. The van der Waals surface area contributed by atoms with E-state index < -0.39 is 57.4 Å². The molecule has 4 heterocycles. The maximum Gasteiger partial charge on any atom is 0.433 e. The molecule has 10 nitrogen and oxygen atoms in total. The van der Waals surface area contributed by atoms with Crippen molar-refractivity contribution in [3.63, 3.8) is 0 Å². The van der Waals surface area contributed by atoms with Crippen molar-refractivity contribution in [2.75, 3.05) is 24.2 Å². The Labute approximate surface area is 261 Å². The number of sulfonamides is 1. The summed E-state index contributed by atoms with van der Waals surface area (Å²) in [5.74, 6) is -3.90. The summed E-state index contributed by atoms with van der Waals surface area (Å²) < 4.78 is 98.0. The van der Waals surface area contributed by atoms with Gasteiger partial charge in [-0.1, -0.05) is 17.7 Å². The lowest BCUT2D eigenvalue weighted by Gasteiger charge is -2.37. The van der Waals surface area contributed by atoms with E-state index in [9.17, 15) is 30.8 Å². The third-order valence-electron chi connectivity index (χ3n) is 8.22. The number of aryl methyl sites for hydroxylation is 1. The molecule has 2 aliphatic rings. The van der Waals surface area contributed by atoms with Crippen molar-refractivity contribution in [1.82, 2.24) is 24.4 Å². The van der Waals surface area contributed by atoms with Gasteiger partial charge in [0.2, 0.25) is 15.9 Å². The maximum atomic E-state index is 15.1. The van der Waals surface area contributed by atoms with Crippen LogP contribution >= 0.6 is 11.6 Å². The second-order valence-electron chi connectivity index (χ2n) is 11.2. The first-order valence-electron chi connectivity index (χ1n) is 14.1. The number of nitrogens with zero attached hydrogens (tertiary/aromatic N) is 4. The molecule has 0 aliphatic carbocycles. The Hall–Kier alpha value is -3.18. The van der Waals surface area contributed by atoms with E-state index in [1.54, 1.807) is 0 Å². The number of amides is 1. The van der Waals surface area contributed by atoms with E-state index in [4.69, 9.17) is 17.3 Å². The molecule has 3 unspecified atom stereocenters. The molecule has 1 aromatic carbocycles. The van der Waals surface area contributed by atoms with Crippen molar-refractivity contribution < 1.29 is 35.2 Å². The molecule has 45 heavy (non-hydrogen) atoms. The summed E-state index contributed by atoms with van der Waals surface area (Å²) in [6.07, 6.45) is -1.09. The van der Waals surface area contributed by atoms with Crippen LogP contribution in [-0.2, 0) is 34.5 Å². The van der Waals surface area contributed by atoms with Gasteiger partial charge in [0.1, 0.15) is 17.3 Å². The number of fused-ring (bicyclic) bond motifs is 2. The van der Waals surface area contributed by atoms with Gasteiger partial charge in [-0.15, -0.1) is 0 Å². The zero-order chi connectivity index (χ0) is 32.7. The molecular formula is C28H31ClF5N7O3S. The molecule has 17 heteroatoms. The average molecular weight is 676 g/mol. The minimum atomic E-state index is -4.77. The maximum absolute atomic E-state index is 15.1. The Morgan fingerprint density at radius 1 is 1.22 bits per heavy atom. The van der Waals surface area contributed by atoms with Crippen LogP contribution in [0.3, 0.4) is 0 Å². The molecule has 1 amide bonds. The predicted octanol–water partition coefficient (Wildman–Crippen LogP) is 3.56. The molecule has 0 saturated carbocycles. The molecule has 2 aromatic heterocycles. The van der Waals surface area contributed by atoms with Crippen molar-refractivity contribution in [1.29, 1.82) is 0 Å². The van der Waals surface area contributed by atoms with Crippen LogP contribution in [-0.4, -0.2) is 70.4 Å². The largest absolute Gasteiger partial charge is 0.433 e. The highest BCUT2D eigenvalue weighted by atomic mass is 35.5. The third-order valence-corrected chi connectivity index (χ3v) is 10.5. The van der Waals surface area contributed by atoms with Crippen LogP contribution in [0.1, 0.15) is 47.7 Å². The van der Waals surface area contributed by atoms with Crippen LogP contribution in [0.25, 0.3) is 0 Å². The second-order valence-corrected chi connectivity index (χ2v) is 13.7. The van der Waals surface area contributed by atoms with Crippen LogP contribution in [0.15, 0.2) is 36.7 Å². The number of nitrogens with two attached hydrogens (primary N) is 1. The van der Waals surface area contributed by atoms with Gasteiger partial charge in [-0.25, -0.2) is 17.2 Å². The highest BCUT2D eigenvalue weighted by Crippen LogP contribution is 2.35. The van der Waals surface area contributed by atoms with Gasteiger partial charge in [-0.2, -0.15) is 22.6 Å². The van der Waals surface area contributed by atoms with Gasteiger partial charge in [0.15, 0.2) is 0 Å². The fourth-order valence-corrected chi connectivity index (χ4v) is 7.85. The van der Waals surface area contributed by atoms with Crippen molar-refractivity contribution in [3.05, 3.63) is 75.8 Å². The number of rotatable bonds is 8. The molecule has 0 radical (unpaired) electrons. The first kappa shape index (κ1) is 33.2. The van der Waals surface area contributed by atoms with Gasteiger partial charge in [0, 0.05) is 37.8 Å². The van der Waals surface area contributed by atoms with Crippen molar-refractivity contribution in [3.8, 4) is 0 Å². The van der Waals surface area contributed by atoms with Crippen LogP contribution in [0.2, 0.25) is 5.02 Å². The lowest BCUT2D eigenvalue weighted by Crippen LogP contribution is -2.57. The zero-order valence-electron chi connectivity index (χ0n) is 24.0. The molecule has 5 atom stereocenters. The number of alkyl halides is 3. The number of carbonyl (C=O) groups is 1. The Kier molecular flexibility index (Phi) is 9.52. The van der Waals surface area contributed by atoms with Crippen molar-refractivity contribution >= 4 is 33.2 Å². The highest BCUT2D eigenvalue weighted by Gasteiger charge is 2.39. The minimum absolute atomic E-state index is 0.0310. The molecule has 2 fully saturated rings. The van der Waals surface area contributed by atoms with E-state index in [0.717, 1.165) is 31.8 Å². The quantitative estimate of drug-likeness (QED) is 0.311. The molecule has 3 aromatic rings. The minimum Gasteiger partial charge on any atom is -0.323 e. The summed E-state index contributed by atoms with van der Waals surface area (Å²) in [5.41, 5.74) is 4.98. The Balaban J connectivity index is 1.40. The zero-order valence-corrected chi connectivity index (χ0v) is 25.6. The second kappa shape index (κ2) is 12.9.